The molecule has 0 saturated heterocycles. The van der Waals surface area contributed by atoms with Crippen LogP contribution in [-0.4, -0.2) is 25.5 Å². The zero-order valence-electron chi connectivity index (χ0n) is 10.8. The lowest BCUT2D eigenvalue weighted by molar-refractivity contribution is -0.144. The highest BCUT2D eigenvalue weighted by atomic mass is 16.5. The van der Waals surface area contributed by atoms with Crippen LogP contribution in [0.1, 0.15) is 24.5 Å². The van der Waals surface area contributed by atoms with E-state index >= 15 is 0 Å². The summed E-state index contributed by atoms with van der Waals surface area (Å²) in [7, 11) is 1.26. The molecule has 0 N–H and O–H groups in total. The van der Waals surface area contributed by atoms with Crippen molar-refractivity contribution in [2.24, 2.45) is 0 Å². The normalized spacial score (nSPS) is 10.1. The topological polar surface area (TPSA) is 52.6 Å². The number of carbonyl (C=O) groups is 2. The van der Waals surface area contributed by atoms with E-state index in [9.17, 15) is 9.59 Å². The Kier molecular flexibility index (Phi) is 6.08. The van der Waals surface area contributed by atoms with Crippen LogP contribution in [0.2, 0.25) is 0 Å². The minimum absolute atomic E-state index is 0.0649. The molecular formula is C14H18O4. The second-order valence-electron chi connectivity index (χ2n) is 3.95. The zero-order valence-corrected chi connectivity index (χ0v) is 10.8. The lowest BCUT2D eigenvalue weighted by Gasteiger charge is -2.04. The van der Waals surface area contributed by atoms with E-state index in [1.54, 1.807) is 0 Å². The van der Waals surface area contributed by atoms with Crippen LogP contribution in [0, 0.1) is 0 Å². The minimum atomic E-state index is -0.532. The van der Waals surface area contributed by atoms with Gasteiger partial charge in [0.15, 0.2) is 5.78 Å². The fourth-order valence-electron chi connectivity index (χ4n) is 1.44. The van der Waals surface area contributed by atoms with Gasteiger partial charge in [0.25, 0.3) is 0 Å². The van der Waals surface area contributed by atoms with E-state index in [1.165, 1.54) is 12.7 Å². The second-order valence-corrected chi connectivity index (χ2v) is 3.95. The number of Topliss-reactive ketones (excluding diaryl/α,β-unsaturated/α-hetero) is 1. The van der Waals surface area contributed by atoms with Crippen molar-refractivity contribution in [2.75, 3.05) is 13.7 Å². The van der Waals surface area contributed by atoms with Gasteiger partial charge in [-0.1, -0.05) is 31.2 Å². The van der Waals surface area contributed by atoms with Crippen LogP contribution in [0.25, 0.3) is 0 Å². The Bertz CT molecular complexity index is 395. The van der Waals surface area contributed by atoms with E-state index < -0.39 is 5.97 Å². The minimum Gasteiger partial charge on any atom is -0.469 e. The number of methoxy groups -OCH3 is 1. The molecule has 0 atom stereocenters. The molecule has 0 aliphatic rings. The van der Waals surface area contributed by atoms with Gasteiger partial charge in [-0.15, -0.1) is 0 Å². The standard InChI is InChI=1S/C14H18O4/c1-3-11-4-6-12(7-5-11)9-18-10-13(15)8-14(16)17-2/h4-7H,3,8-10H2,1-2H3. The van der Waals surface area contributed by atoms with Gasteiger partial charge in [-0.2, -0.15) is 0 Å². The summed E-state index contributed by atoms with van der Waals surface area (Å²) in [4.78, 5) is 22.1. The average Bonchev–Trinajstić information content (AvgIpc) is 2.39. The molecule has 0 bridgehead atoms. The molecule has 1 aromatic rings. The lowest BCUT2D eigenvalue weighted by atomic mass is 10.1. The van der Waals surface area contributed by atoms with Gasteiger partial charge in [0.05, 0.1) is 13.7 Å². The van der Waals surface area contributed by atoms with Gasteiger partial charge in [-0.25, -0.2) is 0 Å². The third-order valence-corrected chi connectivity index (χ3v) is 2.53. The zero-order chi connectivity index (χ0) is 13.4. The number of aryl methyl sites for hydroxylation is 1. The fraction of sp³-hybridized carbons (Fsp3) is 0.429. The van der Waals surface area contributed by atoms with Crippen LogP contribution >= 0.6 is 0 Å². The van der Waals surface area contributed by atoms with Gasteiger partial charge in [0.1, 0.15) is 13.0 Å². The first-order valence-electron chi connectivity index (χ1n) is 5.89. The molecule has 0 saturated carbocycles. The molecule has 4 nitrogen and oxygen atoms in total. The highest BCUT2D eigenvalue weighted by Gasteiger charge is 2.09. The maximum Gasteiger partial charge on any atom is 0.313 e. The van der Waals surface area contributed by atoms with E-state index in [2.05, 4.69) is 11.7 Å². The average molecular weight is 250 g/mol. The quantitative estimate of drug-likeness (QED) is 0.548. The van der Waals surface area contributed by atoms with Gasteiger partial charge in [-0.3, -0.25) is 9.59 Å². The van der Waals surface area contributed by atoms with Crippen LogP contribution in [0.5, 0.6) is 0 Å². The molecular weight excluding hydrogens is 232 g/mol. The Morgan fingerprint density at radius 2 is 1.72 bits per heavy atom. The van der Waals surface area contributed by atoms with Crippen LogP contribution in [0.4, 0.5) is 0 Å². The number of hydrogen-bond acceptors (Lipinski definition) is 4. The van der Waals surface area contributed by atoms with Crippen molar-refractivity contribution < 1.29 is 19.1 Å². The van der Waals surface area contributed by atoms with E-state index in [0.717, 1.165) is 12.0 Å². The molecule has 0 amide bonds. The highest BCUT2D eigenvalue weighted by Crippen LogP contribution is 2.06. The third-order valence-electron chi connectivity index (χ3n) is 2.53. The van der Waals surface area contributed by atoms with Crippen molar-refractivity contribution in [1.29, 1.82) is 0 Å². The first kappa shape index (κ1) is 14.4. The van der Waals surface area contributed by atoms with Gasteiger partial charge in [-0.05, 0) is 17.5 Å². The largest absolute Gasteiger partial charge is 0.469 e. The Labute approximate surface area is 107 Å². The van der Waals surface area contributed by atoms with Crippen molar-refractivity contribution in [3.8, 4) is 0 Å². The number of ether oxygens (including phenoxy) is 2. The first-order chi connectivity index (χ1) is 8.65. The van der Waals surface area contributed by atoms with Crippen LogP contribution < -0.4 is 0 Å². The van der Waals surface area contributed by atoms with Crippen molar-refractivity contribution in [3.63, 3.8) is 0 Å². The van der Waals surface area contributed by atoms with Gasteiger partial charge >= 0.3 is 5.97 Å². The molecule has 4 heteroatoms. The monoisotopic (exact) mass is 250 g/mol. The van der Waals surface area contributed by atoms with Crippen LogP contribution in [0.3, 0.4) is 0 Å². The van der Waals surface area contributed by atoms with Crippen LogP contribution in [-0.2, 0) is 32.1 Å². The Balaban J connectivity index is 2.28. The van der Waals surface area contributed by atoms with Crippen molar-refractivity contribution in [3.05, 3.63) is 35.4 Å². The number of hydrogen-bond donors (Lipinski definition) is 0. The second kappa shape index (κ2) is 7.61. The molecule has 18 heavy (non-hydrogen) atoms. The summed E-state index contributed by atoms with van der Waals surface area (Å²) in [5.41, 5.74) is 2.28. The highest BCUT2D eigenvalue weighted by molar-refractivity contribution is 5.96. The summed E-state index contributed by atoms with van der Waals surface area (Å²) in [6.07, 6.45) is 0.768. The van der Waals surface area contributed by atoms with E-state index in [-0.39, 0.29) is 18.8 Å². The first-order valence-corrected chi connectivity index (χ1v) is 5.89. The van der Waals surface area contributed by atoms with Crippen molar-refractivity contribution in [2.45, 2.75) is 26.4 Å². The molecule has 0 spiro atoms. The molecule has 0 radical (unpaired) electrons. The van der Waals surface area contributed by atoms with Crippen LogP contribution in [0.15, 0.2) is 24.3 Å². The number of rotatable bonds is 7. The Morgan fingerprint density at radius 1 is 1.11 bits per heavy atom. The number of benzene rings is 1. The van der Waals surface area contributed by atoms with Gasteiger partial charge in [0.2, 0.25) is 0 Å². The Morgan fingerprint density at radius 3 is 2.28 bits per heavy atom. The lowest BCUT2D eigenvalue weighted by Crippen LogP contribution is -2.14. The maximum absolute atomic E-state index is 11.3. The van der Waals surface area contributed by atoms with Crippen molar-refractivity contribution >= 4 is 11.8 Å². The Hall–Kier alpha value is -1.68. The summed E-state index contributed by atoms with van der Waals surface area (Å²) < 4.78 is 9.64. The SMILES string of the molecule is CCc1ccc(COCC(=O)CC(=O)OC)cc1. The van der Waals surface area contributed by atoms with Gasteiger partial charge in [0, 0.05) is 0 Å². The maximum atomic E-state index is 11.3. The molecule has 0 aliphatic heterocycles. The van der Waals surface area contributed by atoms with E-state index in [0.29, 0.717) is 6.61 Å². The molecule has 0 heterocycles. The molecule has 1 rings (SSSR count). The molecule has 0 aromatic heterocycles. The molecule has 0 unspecified atom stereocenters. The third kappa shape index (κ3) is 5.10. The summed E-state index contributed by atoms with van der Waals surface area (Å²) in [5.74, 6) is -0.803. The molecule has 0 aliphatic carbocycles. The summed E-state index contributed by atoms with van der Waals surface area (Å²) in [6, 6.07) is 8.02. The molecule has 0 fully saturated rings. The van der Waals surface area contributed by atoms with Gasteiger partial charge < -0.3 is 9.47 Å². The van der Waals surface area contributed by atoms with E-state index in [4.69, 9.17) is 4.74 Å². The summed E-state index contributed by atoms with van der Waals surface area (Å²) in [6.45, 7) is 2.40. The predicted molar refractivity (Wildman–Crippen MR) is 67.1 cm³/mol. The summed E-state index contributed by atoms with van der Waals surface area (Å²) in [5, 5.41) is 0. The predicted octanol–water partition coefficient (Wildman–Crippen LogP) is 1.90. The summed E-state index contributed by atoms with van der Waals surface area (Å²) >= 11 is 0. The number of carbonyl (C=O) groups excluding carboxylic acids is 2. The molecule has 98 valence electrons. The molecule has 1 aromatic carbocycles. The smallest absolute Gasteiger partial charge is 0.313 e. The number of ketones is 1. The number of esters is 1. The van der Waals surface area contributed by atoms with Crippen molar-refractivity contribution in [1.82, 2.24) is 0 Å². The fourth-order valence-corrected chi connectivity index (χ4v) is 1.44. The van der Waals surface area contributed by atoms with E-state index in [1.807, 2.05) is 24.3 Å².